The number of rotatable bonds is 22. The van der Waals surface area contributed by atoms with Gasteiger partial charge in [0.1, 0.15) is 5.60 Å². The lowest BCUT2D eigenvalue weighted by atomic mass is 9.93. The van der Waals surface area contributed by atoms with Crippen molar-refractivity contribution in [1.29, 1.82) is 0 Å². The van der Waals surface area contributed by atoms with E-state index in [1.54, 1.807) is 0 Å². The summed E-state index contributed by atoms with van der Waals surface area (Å²) in [5.74, 6) is -3.11. The molecule has 0 radical (unpaired) electrons. The lowest BCUT2D eigenvalue weighted by Crippen LogP contribution is -2.73. The second-order valence-electron chi connectivity index (χ2n) is 9.65. The maximum atomic E-state index is 6.56. The van der Waals surface area contributed by atoms with Crippen molar-refractivity contribution < 1.29 is 33.5 Å². The predicted molar refractivity (Wildman–Crippen MR) is 132 cm³/mol. The highest BCUT2D eigenvalue weighted by Crippen LogP contribution is 2.45. The van der Waals surface area contributed by atoms with Gasteiger partial charge in [0.15, 0.2) is 0 Å². The molecule has 0 amide bonds. The van der Waals surface area contributed by atoms with E-state index in [1.165, 1.54) is 0 Å². The van der Waals surface area contributed by atoms with Crippen molar-refractivity contribution in [1.82, 2.24) is 0 Å². The molecule has 0 rings (SSSR count). The standard InChI is InChI=1S/C26H54O7/c1-11-15-17-20-31-33-26(29-19-16-12-2,30-21-22(5)6)25(28-18-13-3,32-23(7)8)24(9,10)27-14-4/h22-23H,11-21H2,1-10H3. The Labute approximate surface area is 204 Å². The maximum Gasteiger partial charge on any atom is 0.371 e. The third-order valence-corrected chi connectivity index (χ3v) is 5.01. The Kier molecular flexibility index (Phi) is 17.1. The van der Waals surface area contributed by atoms with Crippen molar-refractivity contribution in [2.45, 2.75) is 131 Å². The lowest BCUT2D eigenvalue weighted by molar-refractivity contribution is -0.594. The summed E-state index contributed by atoms with van der Waals surface area (Å²) in [6.45, 7) is 22.2. The van der Waals surface area contributed by atoms with Gasteiger partial charge in [0, 0.05) is 6.61 Å². The molecule has 0 aromatic heterocycles. The fraction of sp³-hybridized carbons (Fsp3) is 1.00. The molecule has 0 N–H and O–H groups in total. The van der Waals surface area contributed by atoms with Crippen LogP contribution in [0.5, 0.6) is 0 Å². The van der Waals surface area contributed by atoms with Crippen molar-refractivity contribution in [2.75, 3.05) is 33.0 Å². The highest BCUT2D eigenvalue weighted by Gasteiger charge is 2.69. The van der Waals surface area contributed by atoms with Gasteiger partial charge in [-0.15, -0.1) is 0 Å². The Morgan fingerprint density at radius 3 is 1.85 bits per heavy atom. The zero-order valence-electron chi connectivity index (χ0n) is 23.3. The van der Waals surface area contributed by atoms with Gasteiger partial charge in [-0.2, -0.15) is 4.89 Å². The molecule has 0 saturated carbocycles. The summed E-state index contributed by atoms with van der Waals surface area (Å²) in [4.78, 5) is 11.8. The van der Waals surface area contributed by atoms with Crippen molar-refractivity contribution in [3.63, 3.8) is 0 Å². The van der Waals surface area contributed by atoms with E-state index in [1.807, 2.05) is 41.5 Å². The van der Waals surface area contributed by atoms with Crippen molar-refractivity contribution in [3.8, 4) is 0 Å². The Bertz CT molecular complexity index is 470. The van der Waals surface area contributed by atoms with Gasteiger partial charge in [-0.3, -0.25) is 0 Å². The van der Waals surface area contributed by atoms with Gasteiger partial charge in [0.05, 0.1) is 32.5 Å². The molecule has 33 heavy (non-hydrogen) atoms. The first-order valence-electron chi connectivity index (χ1n) is 13.1. The van der Waals surface area contributed by atoms with E-state index in [0.717, 1.165) is 38.5 Å². The van der Waals surface area contributed by atoms with Crippen LogP contribution in [0.1, 0.15) is 108 Å². The molecule has 0 aliphatic rings. The summed E-state index contributed by atoms with van der Waals surface area (Å²) in [5, 5.41) is 0. The summed E-state index contributed by atoms with van der Waals surface area (Å²) in [7, 11) is 0. The van der Waals surface area contributed by atoms with Gasteiger partial charge in [-0.05, 0) is 59.8 Å². The third-order valence-electron chi connectivity index (χ3n) is 5.01. The fourth-order valence-electron chi connectivity index (χ4n) is 3.40. The Balaban J connectivity index is 6.62. The van der Waals surface area contributed by atoms with Gasteiger partial charge < -0.3 is 23.7 Å². The molecule has 200 valence electrons. The van der Waals surface area contributed by atoms with Crippen LogP contribution >= 0.6 is 0 Å². The average Bonchev–Trinajstić information content (AvgIpc) is 2.74. The molecule has 7 heteroatoms. The summed E-state index contributed by atoms with van der Waals surface area (Å²) >= 11 is 0. The minimum Gasteiger partial charge on any atom is -0.370 e. The van der Waals surface area contributed by atoms with E-state index in [-0.39, 0.29) is 12.0 Å². The van der Waals surface area contributed by atoms with E-state index in [0.29, 0.717) is 33.0 Å². The molecule has 2 atom stereocenters. The van der Waals surface area contributed by atoms with Crippen LogP contribution in [0.4, 0.5) is 0 Å². The highest BCUT2D eigenvalue weighted by molar-refractivity contribution is 4.98. The largest absolute Gasteiger partial charge is 0.371 e. The number of ether oxygens (including phenoxy) is 5. The molecule has 0 aromatic rings. The van der Waals surface area contributed by atoms with Crippen molar-refractivity contribution >= 4 is 0 Å². The minimum atomic E-state index is -1.78. The second kappa shape index (κ2) is 17.2. The normalized spacial score (nSPS) is 16.4. The minimum absolute atomic E-state index is 0.220. The molecule has 0 heterocycles. The molecule has 0 fully saturated rings. The monoisotopic (exact) mass is 478 g/mol. The molecule has 0 saturated heterocycles. The van der Waals surface area contributed by atoms with Crippen LogP contribution in [0.2, 0.25) is 0 Å². The van der Waals surface area contributed by atoms with Gasteiger partial charge in [0.2, 0.25) is 0 Å². The zero-order chi connectivity index (χ0) is 25.4. The van der Waals surface area contributed by atoms with E-state index >= 15 is 0 Å². The molecular formula is C26H54O7. The number of unbranched alkanes of at least 4 members (excludes halogenated alkanes) is 3. The first-order valence-corrected chi connectivity index (χ1v) is 13.1. The average molecular weight is 479 g/mol. The number of hydrogen-bond acceptors (Lipinski definition) is 7. The summed E-state index contributed by atoms with van der Waals surface area (Å²) < 4.78 is 32.1. The SMILES string of the molecule is CCCCCOOC(OCCCC)(OCC(C)C)C(OCCC)(OC(C)C)C(C)(C)OCC. The Morgan fingerprint density at radius 1 is 0.667 bits per heavy atom. The molecule has 0 aliphatic heterocycles. The first kappa shape index (κ1) is 32.7. The molecule has 0 bridgehead atoms. The van der Waals surface area contributed by atoms with E-state index in [4.69, 9.17) is 33.5 Å². The number of hydrogen-bond donors (Lipinski definition) is 0. The van der Waals surface area contributed by atoms with Crippen LogP contribution < -0.4 is 0 Å². The van der Waals surface area contributed by atoms with Crippen LogP contribution in [0, 0.1) is 5.92 Å². The van der Waals surface area contributed by atoms with Gasteiger partial charge in [-0.25, -0.2) is 4.89 Å². The topological polar surface area (TPSA) is 64.6 Å². The first-order chi connectivity index (χ1) is 15.6. The van der Waals surface area contributed by atoms with Crippen LogP contribution in [0.3, 0.4) is 0 Å². The lowest BCUT2D eigenvalue weighted by Gasteiger charge is -2.53. The molecule has 2 unspecified atom stereocenters. The molecule has 0 aromatic carbocycles. The van der Waals surface area contributed by atoms with Crippen LogP contribution in [-0.4, -0.2) is 56.5 Å². The summed E-state index contributed by atoms with van der Waals surface area (Å²) in [5.41, 5.74) is -0.989. The molecule has 0 aliphatic carbocycles. The fourth-order valence-corrected chi connectivity index (χ4v) is 3.40. The third kappa shape index (κ3) is 10.5. The van der Waals surface area contributed by atoms with Crippen LogP contribution in [0.25, 0.3) is 0 Å². The van der Waals surface area contributed by atoms with E-state index < -0.39 is 17.4 Å². The second-order valence-corrected chi connectivity index (χ2v) is 9.65. The van der Waals surface area contributed by atoms with Gasteiger partial charge in [-0.1, -0.05) is 53.9 Å². The van der Waals surface area contributed by atoms with Gasteiger partial charge >= 0.3 is 5.97 Å². The molecular weight excluding hydrogens is 424 g/mol. The quantitative estimate of drug-likeness (QED) is 0.0748. The highest BCUT2D eigenvalue weighted by atomic mass is 17.3. The zero-order valence-corrected chi connectivity index (χ0v) is 23.3. The predicted octanol–water partition coefficient (Wildman–Crippen LogP) is 6.63. The van der Waals surface area contributed by atoms with Crippen molar-refractivity contribution in [3.05, 3.63) is 0 Å². The Hall–Kier alpha value is -0.280. The van der Waals surface area contributed by atoms with Crippen LogP contribution in [0.15, 0.2) is 0 Å². The Morgan fingerprint density at radius 2 is 1.33 bits per heavy atom. The van der Waals surface area contributed by atoms with Crippen molar-refractivity contribution in [2.24, 2.45) is 5.92 Å². The summed E-state index contributed by atoms with van der Waals surface area (Å²) in [6, 6.07) is 0. The smallest absolute Gasteiger partial charge is 0.370 e. The van der Waals surface area contributed by atoms with E-state index in [9.17, 15) is 0 Å². The molecule has 0 spiro atoms. The van der Waals surface area contributed by atoms with Gasteiger partial charge in [0.25, 0.3) is 5.79 Å². The maximum absolute atomic E-state index is 6.56. The molecule has 7 nitrogen and oxygen atoms in total. The van der Waals surface area contributed by atoms with E-state index in [2.05, 4.69) is 27.7 Å². The summed E-state index contributed by atoms with van der Waals surface area (Å²) in [6.07, 6.45) is 5.34. The van der Waals surface area contributed by atoms with Crippen LogP contribution in [-0.2, 0) is 33.5 Å².